The number of hydrogen-bond donors (Lipinski definition) is 2. The minimum absolute atomic E-state index is 0.0765. The Bertz CT molecular complexity index is 987. The second-order valence-electron chi connectivity index (χ2n) is 5.64. The van der Waals surface area contributed by atoms with Crippen molar-refractivity contribution in [1.29, 1.82) is 0 Å². The highest BCUT2D eigenvalue weighted by atomic mass is 79.9. The van der Waals surface area contributed by atoms with Crippen molar-refractivity contribution in [3.8, 4) is 11.1 Å². The Balaban J connectivity index is 0.000000194. The fourth-order valence-corrected chi connectivity index (χ4v) is 3.43. The zero-order chi connectivity index (χ0) is 19.9. The Hall–Kier alpha value is -2.25. The molecule has 0 saturated carbocycles. The average Bonchev–Trinajstić information content (AvgIpc) is 2.68. The molecule has 0 aliphatic heterocycles. The van der Waals surface area contributed by atoms with Gasteiger partial charge in [0, 0.05) is 10.0 Å². The van der Waals surface area contributed by atoms with Crippen LogP contribution in [0.1, 0.15) is 11.7 Å². The number of sulfonamides is 1. The van der Waals surface area contributed by atoms with Crippen LogP contribution >= 0.6 is 15.9 Å². The number of halogens is 1. The minimum Gasteiger partial charge on any atom is -0.384 e. The van der Waals surface area contributed by atoms with E-state index in [2.05, 4.69) is 71.0 Å². The number of nitrogens with two attached hydrogens (primary N) is 1. The van der Waals surface area contributed by atoms with Crippen LogP contribution in [0.5, 0.6) is 0 Å². The predicted octanol–water partition coefficient (Wildman–Crippen LogP) is 4.67. The summed E-state index contributed by atoms with van der Waals surface area (Å²) in [5.41, 5.74) is 2.75. The van der Waals surface area contributed by atoms with Gasteiger partial charge in [-0.3, -0.25) is 0 Å². The molecule has 0 saturated heterocycles. The van der Waals surface area contributed by atoms with Crippen molar-refractivity contribution < 1.29 is 13.5 Å². The molecule has 0 fully saturated rings. The summed E-state index contributed by atoms with van der Waals surface area (Å²) in [6.45, 7) is 3.37. The Morgan fingerprint density at radius 2 is 1.41 bits per heavy atom. The molecule has 1 atom stereocenters. The lowest BCUT2D eigenvalue weighted by atomic mass is 10.1. The number of hydrogen-bond acceptors (Lipinski definition) is 3. The van der Waals surface area contributed by atoms with Crippen molar-refractivity contribution in [3.05, 3.63) is 102 Å². The van der Waals surface area contributed by atoms with E-state index in [1.165, 1.54) is 29.3 Å². The van der Waals surface area contributed by atoms with Crippen LogP contribution in [0.4, 0.5) is 0 Å². The van der Waals surface area contributed by atoms with Gasteiger partial charge in [-0.05, 0) is 29.3 Å². The molecule has 0 heterocycles. The van der Waals surface area contributed by atoms with E-state index in [0.29, 0.717) is 0 Å². The van der Waals surface area contributed by atoms with Gasteiger partial charge in [-0.15, -0.1) is 6.58 Å². The van der Waals surface area contributed by atoms with E-state index in [-0.39, 0.29) is 10.5 Å². The predicted molar refractivity (Wildman–Crippen MR) is 113 cm³/mol. The van der Waals surface area contributed by atoms with Gasteiger partial charge < -0.3 is 5.11 Å². The number of primary sulfonamides is 1. The standard InChI is InChI=1S/C12H9Br.C9H11NO3S/c13-12-8-6-11(7-9-12)10-4-2-1-3-5-10;1-2-8(11)7-5-3-4-6-9(7)14(10,12)13/h1-9H;2-6,8,11H,1H2,(H2,10,12,13). The van der Waals surface area contributed by atoms with E-state index in [9.17, 15) is 13.5 Å². The normalized spacial score (nSPS) is 11.8. The Labute approximate surface area is 168 Å². The average molecular weight is 446 g/mol. The van der Waals surface area contributed by atoms with Crippen molar-refractivity contribution in [1.82, 2.24) is 0 Å². The molecule has 0 radical (unpaired) electrons. The van der Waals surface area contributed by atoms with Crippen LogP contribution in [0.25, 0.3) is 11.1 Å². The molecule has 0 amide bonds. The summed E-state index contributed by atoms with van der Waals surface area (Å²) < 4.78 is 23.3. The zero-order valence-corrected chi connectivity index (χ0v) is 16.9. The molecule has 3 rings (SSSR count). The molecule has 3 aromatic carbocycles. The van der Waals surface area contributed by atoms with Gasteiger partial charge in [0.25, 0.3) is 0 Å². The van der Waals surface area contributed by atoms with E-state index in [1.807, 2.05) is 6.07 Å². The van der Waals surface area contributed by atoms with Gasteiger partial charge in [-0.25, -0.2) is 13.6 Å². The number of rotatable bonds is 4. The van der Waals surface area contributed by atoms with Gasteiger partial charge in [0.05, 0.1) is 11.0 Å². The van der Waals surface area contributed by atoms with Crippen LogP contribution in [0.2, 0.25) is 0 Å². The lowest BCUT2D eigenvalue weighted by Crippen LogP contribution is -2.15. The van der Waals surface area contributed by atoms with E-state index in [4.69, 9.17) is 5.14 Å². The van der Waals surface area contributed by atoms with Crippen LogP contribution in [0.3, 0.4) is 0 Å². The van der Waals surface area contributed by atoms with E-state index in [0.717, 1.165) is 4.47 Å². The SMILES string of the molecule is Brc1ccc(-c2ccccc2)cc1.C=CC(O)c1ccccc1S(N)(=O)=O. The molecule has 0 bridgehead atoms. The third kappa shape index (κ3) is 6.15. The second-order valence-corrected chi connectivity index (χ2v) is 8.08. The Kier molecular flexibility index (Phi) is 7.50. The topological polar surface area (TPSA) is 80.4 Å². The van der Waals surface area contributed by atoms with Crippen molar-refractivity contribution >= 4 is 26.0 Å². The molecule has 0 aliphatic carbocycles. The molecular weight excluding hydrogens is 426 g/mol. The molecule has 0 aliphatic rings. The fourth-order valence-electron chi connectivity index (χ4n) is 2.38. The Morgan fingerprint density at radius 1 is 0.889 bits per heavy atom. The van der Waals surface area contributed by atoms with Crippen molar-refractivity contribution in [3.63, 3.8) is 0 Å². The van der Waals surface area contributed by atoms with Gasteiger partial charge >= 0.3 is 0 Å². The van der Waals surface area contributed by atoms with Gasteiger partial charge in [0.15, 0.2) is 0 Å². The van der Waals surface area contributed by atoms with E-state index in [1.54, 1.807) is 12.1 Å². The van der Waals surface area contributed by atoms with Crippen LogP contribution < -0.4 is 5.14 Å². The molecule has 3 aromatic rings. The summed E-state index contributed by atoms with van der Waals surface area (Å²) >= 11 is 3.42. The van der Waals surface area contributed by atoms with Crippen LogP contribution in [0, 0.1) is 0 Å². The maximum absolute atomic E-state index is 11.1. The monoisotopic (exact) mass is 445 g/mol. The van der Waals surface area contributed by atoms with Gasteiger partial charge in [0.1, 0.15) is 0 Å². The number of aliphatic hydroxyl groups excluding tert-OH is 1. The first-order valence-electron chi connectivity index (χ1n) is 8.06. The molecule has 0 aromatic heterocycles. The van der Waals surface area contributed by atoms with Gasteiger partial charge in [-0.2, -0.15) is 0 Å². The lowest BCUT2D eigenvalue weighted by Gasteiger charge is -2.09. The Morgan fingerprint density at radius 3 is 1.96 bits per heavy atom. The number of benzene rings is 3. The summed E-state index contributed by atoms with van der Waals surface area (Å²) in [5.74, 6) is 0. The molecule has 1 unspecified atom stereocenters. The molecular formula is C21H20BrNO3S. The molecule has 27 heavy (non-hydrogen) atoms. The molecule has 6 heteroatoms. The fraction of sp³-hybridized carbons (Fsp3) is 0.0476. The summed E-state index contributed by atoms with van der Waals surface area (Å²) in [6.07, 6.45) is 0.217. The molecule has 4 nitrogen and oxygen atoms in total. The van der Waals surface area contributed by atoms with Crippen LogP contribution in [0.15, 0.2) is 101 Å². The first-order chi connectivity index (χ1) is 12.8. The van der Waals surface area contributed by atoms with Crippen molar-refractivity contribution in [2.45, 2.75) is 11.0 Å². The molecule has 3 N–H and O–H groups in total. The summed E-state index contributed by atoms with van der Waals surface area (Å²) in [5, 5.41) is 14.4. The van der Waals surface area contributed by atoms with Crippen LogP contribution in [-0.2, 0) is 10.0 Å². The van der Waals surface area contributed by atoms with E-state index >= 15 is 0 Å². The lowest BCUT2D eigenvalue weighted by molar-refractivity contribution is 0.226. The molecule has 140 valence electrons. The largest absolute Gasteiger partial charge is 0.384 e. The summed E-state index contributed by atoms with van der Waals surface area (Å²) in [4.78, 5) is -0.0765. The van der Waals surface area contributed by atoms with E-state index < -0.39 is 16.1 Å². The highest BCUT2D eigenvalue weighted by molar-refractivity contribution is 9.10. The highest BCUT2D eigenvalue weighted by Crippen LogP contribution is 2.22. The quantitative estimate of drug-likeness (QED) is 0.572. The smallest absolute Gasteiger partial charge is 0.238 e. The minimum atomic E-state index is -3.80. The highest BCUT2D eigenvalue weighted by Gasteiger charge is 2.16. The molecule has 0 spiro atoms. The first kappa shape index (κ1) is 21.1. The third-order valence-corrected chi connectivity index (χ3v) is 5.23. The van der Waals surface area contributed by atoms with Gasteiger partial charge in [0.2, 0.25) is 10.0 Å². The van der Waals surface area contributed by atoms with Crippen molar-refractivity contribution in [2.75, 3.05) is 0 Å². The second kappa shape index (κ2) is 9.62. The zero-order valence-electron chi connectivity index (χ0n) is 14.5. The maximum Gasteiger partial charge on any atom is 0.238 e. The van der Waals surface area contributed by atoms with Gasteiger partial charge in [-0.1, -0.05) is 82.7 Å². The summed E-state index contributed by atoms with van der Waals surface area (Å²) in [7, 11) is -3.80. The van der Waals surface area contributed by atoms with Crippen molar-refractivity contribution in [2.24, 2.45) is 5.14 Å². The number of aliphatic hydroxyl groups is 1. The summed E-state index contributed by atoms with van der Waals surface area (Å²) in [6, 6.07) is 24.7. The first-order valence-corrected chi connectivity index (χ1v) is 10.4. The maximum atomic E-state index is 11.1. The van der Waals surface area contributed by atoms with Crippen LogP contribution in [-0.4, -0.2) is 13.5 Å². The third-order valence-electron chi connectivity index (χ3n) is 3.72.